The molecule has 2 rings (SSSR count). The van der Waals surface area contributed by atoms with Crippen molar-refractivity contribution >= 4 is 35.1 Å². The summed E-state index contributed by atoms with van der Waals surface area (Å²) in [6, 6.07) is 4.85. The van der Waals surface area contributed by atoms with E-state index in [0.717, 1.165) is 0 Å². The highest BCUT2D eigenvalue weighted by Crippen LogP contribution is 2.27. The van der Waals surface area contributed by atoms with Gasteiger partial charge in [0, 0.05) is 21.7 Å². The van der Waals surface area contributed by atoms with Crippen molar-refractivity contribution in [2.45, 2.75) is 6.04 Å². The van der Waals surface area contributed by atoms with Crippen molar-refractivity contribution in [3.05, 3.63) is 51.8 Å². The maximum Gasteiger partial charge on any atom is 0.333 e. The SMILES string of the molecule is COC(=O)[C@@H](NC(=O)c1ccon1)c1ccc(Cl)cc1Cl. The number of benzene rings is 1. The highest BCUT2D eigenvalue weighted by Gasteiger charge is 2.27. The minimum absolute atomic E-state index is 0.0361. The molecule has 0 saturated heterocycles. The third kappa shape index (κ3) is 3.53. The number of nitrogens with zero attached hydrogens (tertiary/aromatic N) is 1. The quantitative estimate of drug-likeness (QED) is 0.872. The standard InChI is InChI=1S/C13H10Cl2N2O4/c1-20-13(19)11(8-3-2-7(14)6-9(8)15)16-12(18)10-4-5-21-17-10/h2-6,11H,1H3,(H,16,18)/t11-/m0/s1. The van der Waals surface area contributed by atoms with Gasteiger partial charge in [0.15, 0.2) is 11.7 Å². The first-order valence-corrected chi connectivity index (χ1v) is 6.52. The second-order valence-electron chi connectivity index (χ2n) is 3.98. The highest BCUT2D eigenvalue weighted by atomic mass is 35.5. The van der Waals surface area contributed by atoms with Gasteiger partial charge in [-0.3, -0.25) is 4.79 Å². The van der Waals surface area contributed by atoms with Gasteiger partial charge in [0.25, 0.3) is 5.91 Å². The Kier molecular flexibility index (Phi) is 4.82. The minimum atomic E-state index is -1.08. The third-order valence-corrected chi connectivity index (χ3v) is 3.22. The number of amides is 1. The van der Waals surface area contributed by atoms with Crippen LogP contribution in [0, 0.1) is 0 Å². The van der Waals surface area contributed by atoms with Gasteiger partial charge in [0.05, 0.1) is 7.11 Å². The van der Waals surface area contributed by atoms with Crippen molar-refractivity contribution in [3.8, 4) is 0 Å². The van der Waals surface area contributed by atoms with Crippen molar-refractivity contribution in [1.29, 1.82) is 0 Å². The molecule has 1 N–H and O–H groups in total. The normalized spacial score (nSPS) is 11.8. The molecule has 0 bridgehead atoms. The lowest BCUT2D eigenvalue weighted by molar-refractivity contribution is -0.143. The molecule has 0 unspecified atom stereocenters. The molecule has 1 heterocycles. The van der Waals surface area contributed by atoms with Crippen LogP contribution >= 0.6 is 23.2 Å². The van der Waals surface area contributed by atoms with Crippen LogP contribution in [0.1, 0.15) is 22.1 Å². The van der Waals surface area contributed by atoms with E-state index in [1.165, 1.54) is 31.6 Å². The first kappa shape index (κ1) is 15.3. The molecule has 6 nitrogen and oxygen atoms in total. The maximum atomic E-state index is 12.0. The fraction of sp³-hybridized carbons (Fsp3) is 0.154. The highest BCUT2D eigenvalue weighted by molar-refractivity contribution is 6.35. The number of hydrogen-bond acceptors (Lipinski definition) is 5. The van der Waals surface area contributed by atoms with Gasteiger partial charge < -0.3 is 14.6 Å². The number of halogens is 2. The Hall–Kier alpha value is -2.05. The minimum Gasteiger partial charge on any atom is -0.467 e. The number of carbonyl (C=O) groups excluding carboxylic acids is 2. The molecule has 1 aromatic carbocycles. The van der Waals surface area contributed by atoms with Crippen LogP contribution in [0.25, 0.3) is 0 Å². The zero-order valence-electron chi connectivity index (χ0n) is 10.8. The molecule has 0 saturated carbocycles. The number of hydrogen-bond donors (Lipinski definition) is 1. The van der Waals surface area contributed by atoms with Crippen LogP contribution in [0.4, 0.5) is 0 Å². The number of methoxy groups -OCH3 is 1. The monoisotopic (exact) mass is 328 g/mol. The van der Waals surface area contributed by atoms with E-state index in [1.807, 2.05) is 0 Å². The Labute approximate surface area is 130 Å². The summed E-state index contributed by atoms with van der Waals surface area (Å²) in [5.74, 6) is -1.26. The lowest BCUT2D eigenvalue weighted by atomic mass is 10.1. The molecule has 21 heavy (non-hydrogen) atoms. The van der Waals surface area contributed by atoms with Gasteiger partial charge in [-0.1, -0.05) is 34.4 Å². The van der Waals surface area contributed by atoms with Gasteiger partial charge >= 0.3 is 5.97 Å². The predicted molar refractivity (Wildman–Crippen MR) is 75.2 cm³/mol. The second-order valence-corrected chi connectivity index (χ2v) is 4.82. The molecule has 2 aromatic rings. The van der Waals surface area contributed by atoms with E-state index in [2.05, 4.69) is 19.7 Å². The van der Waals surface area contributed by atoms with Gasteiger partial charge in [0.2, 0.25) is 0 Å². The fourth-order valence-corrected chi connectivity index (χ4v) is 2.17. The summed E-state index contributed by atoms with van der Waals surface area (Å²) in [5.41, 5.74) is 0.402. The van der Waals surface area contributed by atoms with E-state index < -0.39 is 17.9 Å². The van der Waals surface area contributed by atoms with Crippen LogP contribution in [0.2, 0.25) is 10.0 Å². The van der Waals surface area contributed by atoms with E-state index in [4.69, 9.17) is 23.2 Å². The average Bonchev–Trinajstić information content (AvgIpc) is 2.98. The van der Waals surface area contributed by atoms with Crippen LogP contribution in [-0.4, -0.2) is 24.1 Å². The largest absolute Gasteiger partial charge is 0.467 e. The molecule has 1 atom stereocenters. The fourth-order valence-electron chi connectivity index (χ4n) is 1.65. The Morgan fingerprint density at radius 1 is 1.33 bits per heavy atom. The number of carbonyl (C=O) groups is 2. The molecule has 0 aliphatic carbocycles. The Morgan fingerprint density at radius 2 is 2.10 bits per heavy atom. The Bertz CT molecular complexity index is 658. The van der Waals surface area contributed by atoms with E-state index in [-0.39, 0.29) is 10.7 Å². The molecule has 0 radical (unpaired) electrons. The van der Waals surface area contributed by atoms with Gasteiger partial charge in [-0.25, -0.2) is 4.79 Å². The topological polar surface area (TPSA) is 81.4 Å². The molecule has 0 aliphatic rings. The smallest absolute Gasteiger partial charge is 0.333 e. The van der Waals surface area contributed by atoms with Crippen molar-refractivity contribution in [2.24, 2.45) is 0 Å². The first-order chi connectivity index (χ1) is 10.0. The van der Waals surface area contributed by atoms with Crippen molar-refractivity contribution in [3.63, 3.8) is 0 Å². The molecule has 0 aliphatic heterocycles. The molecule has 0 spiro atoms. The van der Waals surface area contributed by atoms with E-state index in [9.17, 15) is 9.59 Å². The predicted octanol–water partition coefficient (Wildman–Crippen LogP) is 2.63. The van der Waals surface area contributed by atoms with Crippen LogP contribution in [-0.2, 0) is 9.53 Å². The van der Waals surface area contributed by atoms with E-state index >= 15 is 0 Å². The van der Waals surface area contributed by atoms with Crippen LogP contribution in [0.5, 0.6) is 0 Å². The number of esters is 1. The summed E-state index contributed by atoms with van der Waals surface area (Å²) in [4.78, 5) is 23.9. The van der Waals surface area contributed by atoms with Gasteiger partial charge in [0.1, 0.15) is 6.26 Å². The van der Waals surface area contributed by atoms with E-state index in [1.54, 1.807) is 6.07 Å². The molecule has 110 valence electrons. The number of aromatic nitrogens is 1. The van der Waals surface area contributed by atoms with Gasteiger partial charge in [-0.15, -0.1) is 0 Å². The summed E-state index contributed by atoms with van der Waals surface area (Å²) < 4.78 is 9.26. The van der Waals surface area contributed by atoms with Crippen LogP contribution < -0.4 is 5.32 Å². The molecule has 1 amide bonds. The van der Waals surface area contributed by atoms with Crippen molar-refractivity contribution in [1.82, 2.24) is 10.5 Å². The summed E-state index contributed by atoms with van der Waals surface area (Å²) in [6.45, 7) is 0. The Morgan fingerprint density at radius 3 is 2.67 bits per heavy atom. The second kappa shape index (κ2) is 6.60. The summed E-state index contributed by atoms with van der Waals surface area (Å²) in [7, 11) is 1.21. The maximum absolute atomic E-state index is 12.0. The van der Waals surface area contributed by atoms with Crippen LogP contribution in [0.15, 0.2) is 35.1 Å². The first-order valence-electron chi connectivity index (χ1n) is 5.77. The molecular formula is C13H10Cl2N2O4. The summed E-state index contributed by atoms with van der Waals surface area (Å²) >= 11 is 11.9. The number of rotatable bonds is 4. The van der Waals surface area contributed by atoms with Gasteiger partial charge in [-0.05, 0) is 12.1 Å². The van der Waals surface area contributed by atoms with Crippen molar-refractivity contribution < 1.29 is 18.8 Å². The number of nitrogens with one attached hydrogen (secondary N) is 1. The molecule has 8 heteroatoms. The average molecular weight is 329 g/mol. The van der Waals surface area contributed by atoms with E-state index in [0.29, 0.717) is 10.6 Å². The van der Waals surface area contributed by atoms with Crippen LogP contribution in [0.3, 0.4) is 0 Å². The summed E-state index contributed by atoms with van der Waals surface area (Å²) in [5, 5.41) is 6.62. The van der Waals surface area contributed by atoms with Gasteiger partial charge in [-0.2, -0.15) is 0 Å². The number of ether oxygens (including phenoxy) is 1. The molecule has 1 aromatic heterocycles. The van der Waals surface area contributed by atoms with Crippen molar-refractivity contribution in [2.75, 3.05) is 7.11 Å². The molecule has 0 fully saturated rings. The lowest BCUT2D eigenvalue weighted by Crippen LogP contribution is -2.34. The Balaban J connectivity index is 2.30. The lowest BCUT2D eigenvalue weighted by Gasteiger charge is -2.17. The third-order valence-electron chi connectivity index (χ3n) is 2.66. The molecular weight excluding hydrogens is 319 g/mol. The zero-order valence-corrected chi connectivity index (χ0v) is 12.3. The zero-order chi connectivity index (χ0) is 15.4. The summed E-state index contributed by atoms with van der Waals surface area (Å²) in [6.07, 6.45) is 1.25.